The van der Waals surface area contributed by atoms with Gasteiger partial charge in [0.15, 0.2) is 17.1 Å². The maximum absolute atomic E-state index is 12.4. The summed E-state index contributed by atoms with van der Waals surface area (Å²) in [5, 5.41) is 23.3. The number of nitrogens with zero attached hydrogens (tertiary/aromatic N) is 3. The average Bonchev–Trinajstić information content (AvgIpc) is 3.26. The van der Waals surface area contributed by atoms with Crippen molar-refractivity contribution in [3.05, 3.63) is 75.4 Å². The molecule has 0 saturated heterocycles. The molecule has 0 amide bonds. The molecule has 10 nitrogen and oxygen atoms in total. The van der Waals surface area contributed by atoms with Crippen molar-refractivity contribution < 1.29 is 19.0 Å². The molecule has 0 saturated carbocycles. The third kappa shape index (κ3) is 4.76. The number of hydrogen-bond donors (Lipinski definition) is 2. The minimum Gasteiger partial charge on any atom is -0.465 e. The Balaban J connectivity index is 1.45. The highest BCUT2D eigenvalue weighted by Crippen LogP contribution is 2.35. The van der Waals surface area contributed by atoms with Gasteiger partial charge in [-0.2, -0.15) is 0 Å². The molecule has 0 aliphatic heterocycles. The fourth-order valence-electron chi connectivity index (χ4n) is 3.50. The largest absolute Gasteiger partial charge is 0.465 e. The quantitative estimate of drug-likeness (QED) is 0.144. The Kier molecular flexibility index (Phi) is 6.88. The zero-order valence-electron chi connectivity index (χ0n) is 18.1. The molecule has 0 fully saturated rings. The van der Waals surface area contributed by atoms with E-state index in [1.807, 2.05) is 18.2 Å². The van der Waals surface area contributed by atoms with Gasteiger partial charge in [-0.25, -0.2) is 4.79 Å². The number of methoxy groups -OCH3 is 1. The number of esters is 1. The number of hydrogen-bond acceptors (Lipinski definition) is 9. The molecule has 2 aromatic heterocycles. The number of ether oxygens (including phenoxy) is 1. The lowest BCUT2D eigenvalue weighted by atomic mass is 10.1. The summed E-state index contributed by atoms with van der Waals surface area (Å²) in [6.07, 6.45) is 2.38. The Labute approximate surface area is 199 Å². The van der Waals surface area contributed by atoms with E-state index >= 15 is 0 Å². The second kappa shape index (κ2) is 10.2. The maximum atomic E-state index is 12.4. The molecule has 11 heteroatoms. The molecule has 0 atom stereocenters. The number of anilines is 2. The van der Waals surface area contributed by atoms with Crippen LogP contribution in [0.2, 0.25) is 5.02 Å². The smallest absolute Gasteiger partial charge is 0.345 e. The first-order chi connectivity index (χ1) is 16.5. The number of fused-ring (bicyclic) bond motifs is 1. The van der Waals surface area contributed by atoms with Crippen LogP contribution in [-0.2, 0) is 4.74 Å². The predicted molar refractivity (Wildman–Crippen MR) is 128 cm³/mol. The van der Waals surface area contributed by atoms with E-state index in [9.17, 15) is 14.9 Å². The minimum atomic E-state index is -0.711. The maximum Gasteiger partial charge on any atom is 0.345 e. The lowest BCUT2D eigenvalue weighted by Crippen LogP contribution is -2.12. The summed E-state index contributed by atoms with van der Waals surface area (Å²) in [4.78, 5) is 27.6. The van der Waals surface area contributed by atoms with Crippen molar-refractivity contribution in [2.45, 2.75) is 6.42 Å². The van der Waals surface area contributed by atoms with Crippen LogP contribution in [-0.4, -0.2) is 41.2 Å². The molecule has 0 aliphatic carbocycles. The van der Waals surface area contributed by atoms with Crippen molar-refractivity contribution in [1.29, 1.82) is 0 Å². The van der Waals surface area contributed by atoms with Crippen LogP contribution >= 0.6 is 11.6 Å². The van der Waals surface area contributed by atoms with E-state index in [1.54, 1.807) is 18.3 Å². The molecule has 0 radical (unpaired) electrons. The highest BCUT2D eigenvalue weighted by atomic mass is 35.5. The van der Waals surface area contributed by atoms with Crippen LogP contribution in [0.5, 0.6) is 0 Å². The molecule has 2 aromatic carbocycles. The van der Waals surface area contributed by atoms with Gasteiger partial charge in [0, 0.05) is 41.4 Å². The monoisotopic (exact) mass is 481 g/mol. The average molecular weight is 482 g/mol. The number of halogens is 1. The van der Waals surface area contributed by atoms with Crippen molar-refractivity contribution >= 4 is 45.7 Å². The summed E-state index contributed by atoms with van der Waals surface area (Å²) >= 11 is 6.04. The van der Waals surface area contributed by atoms with Crippen molar-refractivity contribution in [3.8, 4) is 11.3 Å². The first-order valence-electron chi connectivity index (χ1n) is 10.3. The third-order valence-electron chi connectivity index (χ3n) is 5.09. The summed E-state index contributed by atoms with van der Waals surface area (Å²) in [5.41, 5.74) is 1.66. The normalized spacial score (nSPS) is 10.8. The number of rotatable bonds is 9. The van der Waals surface area contributed by atoms with E-state index in [0.29, 0.717) is 24.5 Å². The molecule has 34 heavy (non-hydrogen) atoms. The van der Waals surface area contributed by atoms with Crippen molar-refractivity contribution in [2.24, 2.45) is 0 Å². The first-order valence-corrected chi connectivity index (χ1v) is 10.7. The fourth-order valence-corrected chi connectivity index (χ4v) is 3.67. The second-order valence-electron chi connectivity index (χ2n) is 7.23. The molecular formula is C23H20ClN5O5. The van der Waals surface area contributed by atoms with Gasteiger partial charge in [-0.1, -0.05) is 28.9 Å². The van der Waals surface area contributed by atoms with Crippen LogP contribution in [0.1, 0.15) is 16.8 Å². The van der Waals surface area contributed by atoms with Crippen molar-refractivity contribution in [2.75, 3.05) is 30.8 Å². The number of nitrogens with one attached hydrogen (secondary N) is 2. The van der Waals surface area contributed by atoms with E-state index in [1.165, 1.54) is 25.3 Å². The van der Waals surface area contributed by atoms with Crippen LogP contribution in [0, 0.1) is 10.1 Å². The highest BCUT2D eigenvalue weighted by Gasteiger charge is 2.29. The van der Waals surface area contributed by atoms with E-state index in [0.717, 1.165) is 16.6 Å². The zero-order valence-corrected chi connectivity index (χ0v) is 18.8. The number of benzene rings is 2. The molecule has 0 spiro atoms. The number of nitro groups is 1. The van der Waals surface area contributed by atoms with Crippen LogP contribution in [0.4, 0.5) is 17.2 Å². The first kappa shape index (κ1) is 23.0. The topological polar surface area (TPSA) is 132 Å². The number of pyridine rings is 1. The molecule has 4 aromatic rings. The Morgan fingerprint density at radius 3 is 2.76 bits per heavy atom. The standard InChI is InChI=1S/C23H20ClN5O5/c1-33-23(30)20-21(16-5-2-3-6-19(16)29(31)32)34-28-22(20)27-11-4-10-25-17-9-12-26-18-13-14(24)7-8-15(17)18/h2-3,5-9,12-13H,4,10-11H2,1H3,(H,25,26)(H,27,28). The van der Waals surface area contributed by atoms with Gasteiger partial charge in [0.2, 0.25) is 0 Å². The molecular weight excluding hydrogens is 462 g/mol. The number of carbonyl (C=O) groups is 1. The van der Waals surface area contributed by atoms with Gasteiger partial charge in [-0.3, -0.25) is 15.1 Å². The second-order valence-corrected chi connectivity index (χ2v) is 7.66. The lowest BCUT2D eigenvalue weighted by Gasteiger charge is -2.10. The van der Waals surface area contributed by atoms with E-state index < -0.39 is 10.9 Å². The molecule has 2 N–H and O–H groups in total. The van der Waals surface area contributed by atoms with Crippen molar-refractivity contribution in [3.63, 3.8) is 0 Å². The van der Waals surface area contributed by atoms with E-state index in [4.69, 9.17) is 20.9 Å². The Bertz CT molecular complexity index is 1360. The summed E-state index contributed by atoms with van der Waals surface area (Å²) in [7, 11) is 1.22. The van der Waals surface area contributed by atoms with Gasteiger partial charge < -0.3 is 19.9 Å². The van der Waals surface area contributed by atoms with Gasteiger partial charge in [-0.15, -0.1) is 0 Å². The number of para-hydroxylation sites is 1. The highest BCUT2D eigenvalue weighted by molar-refractivity contribution is 6.31. The van der Waals surface area contributed by atoms with Crippen LogP contribution in [0.15, 0.2) is 59.3 Å². The number of aromatic nitrogens is 2. The van der Waals surface area contributed by atoms with Gasteiger partial charge in [0.25, 0.3) is 5.69 Å². The molecule has 174 valence electrons. The molecule has 2 heterocycles. The van der Waals surface area contributed by atoms with Gasteiger partial charge >= 0.3 is 5.97 Å². The summed E-state index contributed by atoms with van der Waals surface area (Å²) in [6.45, 7) is 1.08. The lowest BCUT2D eigenvalue weighted by molar-refractivity contribution is -0.384. The minimum absolute atomic E-state index is 0.00163. The fraction of sp³-hybridized carbons (Fsp3) is 0.174. The van der Waals surface area contributed by atoms with Gasteiger partial charge in [0.05, 0.1) is 23.1 Å². The molecule has 0 aliphatic rings. The summed E-state index contributed by atoms with van der Waals surface area (Å²) in [6, 6.07) is 13.4. The van der Waals surface area contributed by atoms with E-state index in [-0.39, 0.29) is 28.4 Å². The molecule has 0 unspecified atom stereocenters. The SMILES string of the molecule is COC(=O)c1c(NCCCNc2ccnc3cc(Cl)ccc23)noc1-c1ccccc1[N+](=O)[O-]. The van der Waals surface area contributed by atoms with Crippen molar-refractivity contribution in [1.82, 2.24) is 10.1 Å². The Morgan fingerprint density at radius 1 is 1.18 bits per heavy atom. The number of carbonyl (C=O) groups excluding carboxylic acids is 1. The number of nitro benzene ring substituents is 1. The van der Waals surface area contributed by atoms with Crippen LogP contribution in [0.25, 0.3) is 22.2 Å². The van der Waals surface area contributed by atoms with Crippen LogP contribution in [0.3, 0.4) is 0 Å². The molecule has 0 bridgehead atoms. The zero-order chi connectivity index (χ0) is 24.1. The predicted octanol–water partition coefficient (Wildman–Crippen LogP) is 5.15. The summed E-state index contributed by atoms with van der Waals surface area (Å²) in [5.74, 6) is -0.581. The third-order valence-corrected chi connectivity index (χ3v) is 5.33. The molecule has 4 rings (SSSR count). The van der Waals surface area contributed by atoms with E-state index in [2.05, 4.69) is 20.8 Å². The van der Waals surface area contributed by atoms with Crippen LogP contribution < -0.4 is 10.6 Å². The Hall–Kier alpha value is -4.18. The van der Waals surface area contributed by atoms with Gasteiger partial charge in [-0.05, 0) is 36.8 Å². The van der Waals surface area contributed by atoms with Gasteiger partial charge in [0.1, 0.15) is 0 Å². The summed E-state index contributed by atoms with van der Waals surface area (Å²) < 4.78 is 10.2. The Morgan fingerprint density at radius 2 is 1.97 bits per heavy atom.